The summed E-state index contributed by atoms with van der Waals surface area (Å²) in [6, 6.07) is -3.66. The minimum Gasteiger partial charge on any atom is -0.480 e. The van der Waals surface area contributed by atoms with Crippen molar-refractivity contribution >= 4 is 17.9 Å². The SMILES string of the molecule is CC(O)C(NC(=O)N[C@@H](CC(N)=O)c1nnc(-c2cnccn2)o1)C(=O)O. The van der Waals surface area contributed by atoms with Crippen LogP contribution in [0.3, 0.4) is 0 Å². The first-order valence-electron chi connectivity index (χ1n) is 7.64. The lowest BCUT2D eigenvalue weighted by molar-refractivity contribution is -0.141. The van der Waals surface area contributed by atoms with Crippen LogP contribution in [0.2, 0.25) is 0 Å². The average Bonchev–Trinajstić information content (AvgIpc) is 3.09. The van der Waals surface area contributed by atoms with Crippen molar-refractivity contribution in [3.63, 3.8) is 0 Å². The van der Waals surface area contributed by atoms with E-state index in [2.05, 4.69) is 30.8 Å². The van der Waals surface area contributed by atoms with Gasteiger partial charge < -0.3 is 31.0 Å². The summed E-state index contributed by atoms with van der Waals surface area (Å²) in [5.74, 6) is -2.35. The molecule has 27 heavy (non-hydrogen) atoms. The van der Waals surface area contributed by atoms with Gasteiger partial charge in [-0.1, -0.05) is 0 Å². The molecule has 6 N–H and O–H groups in total. The zero-order valence-corrected chi connectivity index (χ0v) is 14.1. The highest BCUT2D eigenvalue weighted by atomic mass is 16.4. The zero-order chi connectivity index (χ0) is 20.0. The van der Waals surface area contributed by atoms with Gasteiger partial charge in [-0.3, -0.25) is 9.78 Å². The number of aliphatic hydroxyl groups excluding tert-OH is 1. The average molecular weight is 379 g/mol. The monoisotopic (exact) mass is 379 g/mol. The van der Waals surface area contributed by atoms with E-state index < -0.39 is 36.1 Å². The lowest BCUT2D eigenvalue weighted by atomic mass is 10.2. The molecule has 0 aromatic carbocycles. The minimum atomic E-state index is -1.56. The number of carboxylic acid groups (broad SMARTS) is 1. The van der Waals surface area contributed by atoms with Crippen LogP contribution in [-0.4, -0.2) is 60.4 Å². The van der Waals surface area contributed by atoms with E-state index in [1.807, 2.05) is 0 Å². The number of urea groups is 1. The summed E-state index contributed by atoms with van der Waals surface area (Å²) < 4.78 is 5.39. The molecule has 2 rings (SSSR count). The molecule has 13 heteroatoms. The second kappa shape index (κ2) is 8.66. The van der Waals surface area contributed by atoms with E-state index in [9.17, 15) is 19.5 Å². The van der Waals surface area contributed by atoms with Crippen LogP contribution in [0.15, 0.2) is 23.0 Å². The van der Waals surface area contributed by atoms with Gasteiger partial charge in [0.1, 0.15) is 11.7 Å². The molecule has 0 aliphatic rings. The van der Waals surface area contributed by atoms with Crippen molar-refractivity contribution in [3.8, 4) is 11.6 Å². The number of rotatable bonds is 8. The summed E-state index contributed by atoms with van der Waals surface area (Å²) in [4.78, 5) is 42.2. The number of aliphatic hydroxyl groups is 1. The zero-order valence-electron chi connectivity index (χ0n) is 14.1. The fourth-order valence-electron chi connectivity index (χ4n) is 2.02. The van der Waals surface area contributed by atoms with Gasteiger partial charge in [0.05, 0.1) is 18.7 Å². The Labute approximate surface area is 152 Å². The Balaban J connectivity index is 2.16. The van der Waals surface area contributed by atoms with E-state index in [4.69, 9.17) is 15.3 Å². The largest absolute Gasteiger partial charge is 0.480 e. The third-order valence-corrected chi connectivity index (χ3v) is 3.27. The second-order valence-corrected chi connectivity index (χ2v) is 5.43. The summed E-state index contributed by atoms with van der Waals surface area (Å²) in [7, 11) is 0. The molecule has 0 fully saturated rings. The molecule has 0 saturated heterocycles. The highest BCUT2D eigenvalue weighted by Crippen LogP contribution is 2.20. The number of aliphatic carboxylic acids is 1. The quantitative estimate of drug-likeness (QED) is 0.361. The smallest absolute Gasteiger partial charge is 0.328 e. The predicted octanol–water partition coefficient (Wildman–Crippen LogP) is -1.42. The molecule has 0 bridgehead atoms. The van der Waals surface area contributed by atoms with Crippen LogP contribution in [-0.2, 0) is 9.59 Å². The third-order valence-electron chi connectivity index (χ3n) is 3.27. The lowest BCUT2D eigenvalue weighted by Gasteiger charge is -2.19. The van der Waals surface area contributed by atoms with Gasteiger partial charge in [-0.25, -0.2) is 14.6 Å². The number of amides is 3. The maximum Gasteiger partial charge on any atom is 0.328 e. The van der Waals surface area contributed by atoms with Crippen LogP contribution in [0.4, 0.5) is 4.79 Å². The topological polar surface area (TPSA) is 206 Å². The van der Waals surface area contributed by atoms with E-state index >= 15 is 0 Å². The van der Waals surface area contributed by atoms with Crippen LogP contribution < -0.4 is 16.4 Å². The summed E-state index contributed by atoms with van der Waals surface area (Å²) in [5, 5.41) is 30.3. The Morgan fingerprint density at radius 1 is 1.26 bits per heavy atom. The lowest BCUT2D eigenvalue weighted by Crippen LogP contribution is -2.52. The maximum atomic E-state index is 12.0. The normalized spacial score (nSPS) is 14.0. The molecule has 3 amide bonds. The molecular formula is C14H17N7O6. The molecule has 0 spiro atoms. The van der Waals surface area contributed by atoms with Gasteiger partial charge in [0.2, 0.25) is 11.8 Å². The number of aromatic nitrogens is 4. The van der Waals surface area contributed by atoms with Gasteiger partial charge in [-0.2, -0.15) is 0 Å². The van der Waals surface area contributed by atoms with Gasteiger partial charge in [-0.05, 0) is 6.92 Å². The van der Waals surface area contributed by atoms with Crippen molar-refractivity contribution in [2.24, 2.45) is 5.73 Å². The number of primary amides is 1. The fourth-order valence-corrected chi connectivity index (χ4v) is 2.02. The Morgan fingerprint density at radius 2 is 2.00 bits per heavy atom. The van der Waals surface area contributed by atoms with E-state index in [1.54, 1.807) is 0 Å². The van der Waals surface area contributed by atoms with Gasteiger partial charge in [0.15, 0.2) is 6.04 Å². The molecule has 144 valence electrons. The summed E-state index contributed by atoms with van der Waals surface area (Å²) in [5.41, 5.74) is 5.44. The predicted molar refractivity (Wildman–Crippen MR) is 86.6 cm³/mol. The molecule has 2 heterocycles. The molecule has 2 aromatic rings. The summed E-state index contributed by atoms with van der Waals surface area (Å²) in [6.07, 6.45) is 2.49. The Bertz CT molecular complexity index is 809. The maximum absolute atomic E-state index is 12.0. The second-order valence-electron chi connectivity index (χ2n) is 5.43. The van der Waals surface area contributed by atoms with Crippen molar-refractivity contribution < 1.29 is 29.0 Å². The number of carbonyl (C=O) groups is 3. The van der Waals surface area contributed by atoms with Crippen molar-refractivity contribution in [1.82, 2.24) is 30.8 Å². The van der Waals surface area contributed by atoms with E-state index in [0.29, 0.717) is 0 Å². The van der Waals surface area contributed by atoms with Crippen molar-refractivity contribution in [3.05, 3.63) is 24.5 Å². The summed E-state index contributed by atoms with van der Waals surface area (Å²) in [6.45, 7) is 1.20. The molecule has 2 aromatic heterocycles. The highest BCUT2D eigenvalue weighted by molar-refractivity contribution is 5.83. The molecule has 2 unspecified atom stereocenters. The number of nitrogens with two attached hydrogens (primary N) is 1. The molecule has 3 atom stereocenters. The van der Waals surface area contributed by atoms with Crippen molar-refractivity contribution in [2.45, 2.75) is 31.5 Å². The number of carboxylic acids is 1. The van der Waals surface area contributed by atoms with Crippen LogP contribution in [0, 0.1) is 0 Å². The first kappa shape index (κ1) is 19.7. The van der Waals surface area contributed by atoms with Crippen molar-refractivity contribution in [1.29, 1.82) is 0 Å². The van der Waals surface area contributed by atoms with Gasteiger partial charge in [-0.15, -0.1) is 10.2 Å². The van der Waals surface area contributed by atoms with Crippen LogP contribution in [0.25, 0.3) is 11.6 Å². The van der Waals surface area contributed by atoms with Crippen molar-refractivity contribution in [2.75, 3.05) is 0 Å². The van der Waals surface area contributed by atoms with E-state index in [0.717, 1.165) is 0 Å². The van der Waals surface area contributed by atoms with Gasteiger partial charge >= 0.3 is 12.0 Å². The van der Waals surface area contributed by atoms with Gasteiger partial charge in [0.25, 0.3) is 5.89 Å². The number of nitrogens with one attached hydrogen (secondary N) is 2. The van der Waals surface area contributed by atoms with Crippen LogP contribution in [0.1, 0.15) is 25.3 Å². The number of carbonyl (C=O) groups excluding carboxylic acids is 2. The van der Waals surface area contributed by atoms with Gasteiger partial charge in [0, 0.05) is 12.4 Å². The first-order chi connectivity index (χ1) is 12.8. The Morgan fingerprint density at radius 3 is 2.56 bits per heavy atom. The molecule has 13 nitrogen and oxygen atoms in total. The van der Waals surface area contributed by atoms with Crippen LogP contribution in [0.5, 0.6) is 0 Å². The molecule has 0 saturated carbocycles. The van der Waals surface area contributed by atoms with Crippen LogP contribution >= 0.6 is 0 Å². The Kier molecular flexibility index (Phi) is 6.32. The highest BCUT2D eigenvalue weighted by Gasteiger charge is 2.28. The van der Waals surface area contributed by atoms with E-state index in [-0.39, 0.29) is 23.9 Å². The summed E-state index contributed by atoms with van der Waals surface area (Å²) >= 11 is 0. The first-order valence-corrected chi connectivity index (χ1v) is 7.64. The molecular weight excluding hydrogens is 362 g/mol. The minimum absolute atomic E-state index is 0.00201. The molecule has 0 radical (unpaired) electrons. The molecule has 0 aliphatic heterocycles. The number of nitrogens with zero attached hydrogens (tertiary/aromatic N) is 4. The fraction of sp³-hybridized carbons (Fsp3) is 0.357. The standard InChI is InChI=1S/C14H17N7O6/c1-6(22)10(13(24)25)19-14(26)18-7(4-9(15)23)11-20-21-12(27-11)8-5-16-2-3-17-8/h2-3,5-7,10,22H,4H2,1H3,(H2,15,23)(H,24,25)(H2,18,19,26)/t6?,7-,10?/m0/s1. The third kappa shape index (κ3) is 5.43. The van der Waals surface area contributed by atoms with E-state index in [1.165, 1.54) is 25.5 Å². The molecule has 0 aliphatic carbocycles. The number of hydrogen-bond acceptors (Lipinski definition) is 9. The Hall–Kier alpha value is -3.61. The number of hydrogen-bond donors (Lipinski definition) is 5.